The van der Waals surface area contributed by atoms with E-state index >= 15 is 0 Å². The maximum Gasteiger partial charge on any atom is 0.0680 e. The van der Waals surface area contributed by atoms with Crippen LogP contribution in [0.1, 0.15) is 33.6 Å². The molecule has 0 aromatic carbocycles. The summed E-state index contributed by atoms with van der Waals surface area (Å²) in [7, 11) is 0. The third kappa shape index (κ3) is 4.67. The van der Waals surface area contributed by atoms with E-state index in [9.17, 15) is 5.11 Å². The summed E-state index contributed by atoms with van der Waals surface area (Å²) in [4.78, 5) is 0. The maximum absolute atomic E-state index is 9.94. The molecular formula is C11H22O2S. The first-order valence-corrected chi connectivity index (χ1v) is 6.37. The molecule has 0 saturated carbocycles. The van der Waals surface area contributed by atoms with Crippen molar-refractivity contribution < 1.29 is 9.84 Å². The molecule has 0 amide bonds. The molecule has 2 nitrogen and oxygen atoms in total. The zero-order valence-corrected chi connectivity index (χ0v) is 10.3. The fourth-order valence-corrected chi connectivity index (χ4v) is 2.48. The zero-order chi connectivity index (χ0) is 10.6. The number of rotatable bonds is 3. The van der Waals surface area contributed by atoms with Gasteiger partial charge in [0.25, 0.3) is 0 Å². The lowest BCUT2D eigenvalue weighted by Crippen LogP contribution is -2.31. The van der Waals surface area contributed by atoms with Gasteiger partial charge in [0.2, 0.25) is 0 Å². The molecule has 0 aromatic heterocycles. The normalized spacial score (nSPS) is 26.1. The van der Waals surface area contributed by atoms with Gasteiger partial charge in [-0.3, -0.25) is 0 Å². The Bertz CT molecular complexity index is 159. The molecule has 1 aliphatic heterocycles. The predicted octanol–water partition coefficient (Wildman–Crippen LogP) is 2.31. The molecule has 0 aliphatic carbocycles. The van der Waals surface area contributed by atoms with Crippen molar-refractivity contribution in [3.8, 4) is 0 Å². The van der Waals surface area contributed by atoms with Crippen molar-refractivity contribution in [2.45, 2.75) is 44.5 Å². The van der Waals surface area contributed by atoms with Gasteiger partial charge in [-0.15, -0.1) is 0 Å². The second-order valence-electron chi connectivity index (χ2n) is 4.97. The van der Waals surface area contributed by atoms with Crippen LogP contribution in [0.15, 0.2) is 0 Å². The number of thioether (sulfide) groups is 1. The van der Waals surface area contributed by atoms with Gasteiger partial charge in [0.15, 0.2) is 0 Å². The van der Waals surface area contributed by atoms with Gasteiger partial charge in [-0.1, -0.05) is 20.8 Å². The van der Waals surface area contributed by atoms with E-state index in [-0.39, 0.29) is 10.9 Å². The fraction of sp³-hybridized carbons (Fsp3) is 1.00. The van der Waals surface area contributed by atoms with E-state index in [0.29, 0.717) is 5.92 Å². The van der Waals surface area contributed by atoms with E-state index in [0.717, 1.165) is 31.8 Å². The molecule has 3 heteroatoms. The third-order valence-corrected chi connectivity index (χ3v) is 3.80. The first-order chi connectivity index (χ1) is 6.49. The van der Waals surface area contributed by atoms with Crippen LogP contribution in [0.2, 0.25) is 0 Å². The van der Waals surface area contributed by atoms with Crippen LogP contribution in [-0.4, -0.2) is 34.9 Å². The highest BCUT2D eigenvalue weighted by molar-refractivity contribution is 8.00. The maximum atomic E-state index is 9.94. The summed E-state index contributed by atoms with van der Waals surface area (Å²) >= 11 is 1.83. The van der Waals surface area contributed by atoms with Crippen molar-refractivity contribution in [3.63, 3.8) is 0 Å². The van der Waals surface area contributed by atoms with Crippen LogP contribution in [0.25, 0.3) is 0 Å². The van der Waals surface area contributed by atoms with Gasteiger partial charge in [-0.25, -0.2) is 0 Å². The molecule has 0 radical (unpaired) electrons. The molecule has 14 heavy (non-hydrogen) atoms. The van der Waals surface area contributed by atoms with Crippen molar-refractivity contribution in [3.05, 3.63) is 0 Å². The minimum absolute atomic E-state index is 0.195. The van der Waals surface area contributed by atoms with Crippen molar-refractivity contribution in [1.29, 1.82) is 0 Å². The van der Waals surface area contributed by atoms with Gasteiger partial charge in [0.1, 0.15) is 0 Å². The highest BCUT2D eigenvalue weighted by atomic mass is 32.2. The lowest BCUT2D eigenvalue weighted by atomic mass is 9.97. The standard InChI is InChI=1S/C11H22O2S/c1-11(2,3)14-8-10(12)9-5-4-6-13-7-9/h9-10,12H,4-8H2,1-3H3. The number of hydrogen-bond donors (Lipinski definition) is 1. The van der Waals surface area contributed by atoms with E-state index in [1.165, 1.54) is 0 Å². The van der Waals surface area contributed by atoms with Crippen molar-refractivity contribution in [2.75, 3.05) is 19.0 Å². The Morgan fingerprint density at radius 2 is 2.21 bits per heavy atom. The SMILES string of the molecule is CC(C)(C)SCC(O)C1CCCOC1. The highest BCUT2D eigenvalue weighted by Gasteiger charge is 2.24. The van der Waals surface area contributed by atoms with E-state index in [1.807, 2.05) is 11.8 Å². The number of ether oxygens (including phenoxy) is 1. The second-order valence-corrected chi connectivity index (χ2v) is 6.81. The predicted molar refractivity (Wildman–Crippen MR) is 61.8 cm³/mol. The highest BCUT2D eigenvalue weighted by Crippen LogP contribution is 2.27. The van der Waals surface area contributed by atoms with E-state index in [1.54, 1.807) is 0 Å². The van der Waals surface area contributed by atoms with E-state index < -0.39 is 0 Å². The van der Waals surface area contributed by atoms with Gasteiger partial charge in [0.05, 0.1) is 12.7 Å². The zero-order valence-electron chi connectivity index (χ0n) is 9.45. The van der Waals surface area contributed by atoms with Crippen LogP contribution in [0, 0.1) is 5.92 Å². The number of hydrogen-bond acceptors (Lipinski definition) is 3. The lowest BCUT2D eigenvalue weighted by Gasteiger charge is -2.28. The Kier molecular flexibility index (Phi) is 4.74. The smallest absolute Gasteiger partial charge is 0.0680 e. The summed E-state index contributed by atoms with van der Waals surface area (Å²) in [5.41, 5.74) is 0. The Labute approximate surface area is 91.4 Å². The minimum Gasteiger partial charge on any atom is -0.392 e. The van der Waals surface area contributed by atoms with Crippen molar-refractivity contribution >= 4 is 11.8 Å². The van der Waals surface area contributed by atoms with Crippen LogP contribution in [-0.2, 0) is 4.74 Å². The molecular weight excluding hydrogens is 196 g/mol. The molecule has 1 aliphatic rings. The quantitative estimate of drug-likeness (QED) is 0.788. The first kappa shape index (κ1) is 12.3. The molecule has 2 unspecified atom stereocenters. The Morgan fingerprint density at radius 3 is 2.71 bits per heavy atom. The van der Waals surface area contributed by atoms with E-state index in [2.05, 4.69) is 20.8 Å². The summed E-state index contributed by atoms with van der Waals surface area (Å²) in [5.74, 6) is 1.19. The monoisotopic (exact) mass is 218 g/mol. The van der Waals surface area contributed by atoms with Crippen LogP contribution >= 0.6 is 11.8 Å². The average molecular weight is 218 g/mol. The van der Waals surface area contributed by atoms with Gasteiger partial charge in [0, 0.05) is 23.0 Å². The topological polar surface area (TPSA) is 29.5 Å². The van der Waals surface area contributed by atoms with Crippen LogP contribution in [0.3, 0.4) is 0 Å². The van der Waals surface area contributed by atoms with Gasteiger partial charge in [-0.2, -0.15) is 11.8 Å². The molecule has 84 valence electrons. The Hall–Kier alpha value is 0.270. The summed E-state index contributed by atoms with van der Waals surface area (Å²) in [5, 5.41) is 9.94. The number of aliphatic hydroxyl groups excluding tert-OH is 1. The summed E-state index contributed by atoms with van der Waals surface area (Å²) in [6.07, 6.45) is 2.02. The molecule has 1 saturated heterocycles. The Balaban J connectivity index is 2.23. The van der Waals surface area contributed by atoms with Gasteiger partial charge >= 0.3 is 0 Å². The fourth-order valence-electron chi connectivity index (χ4n) is 1.54. The largest absolute Gasteiger partial charge is 0.392 e. The molecule has 0 spiro atoms. The molecule has 1 rings (SSSR count). The third-order valence-electron chi connectivity index (χ3n) is 2.43. The Morgan fingerprint density at radius 1 is 1.50 bits per heavy atom. The lowest BCUT2D eigenvalue weighted by molar-refractivity contribution is -0.000107. The molecule has 1 fully saturated rings. The molecule has 0 bridgehead atoms. The van der Waals surface area contributed by atoms with Crippen LogP contribution < -0.4 is 0 Å². The van der Waals surface area contributed by atoms with Gasteiger partial charge in [-0.05, 0) is 12.8 Å². The first-order valence-electron chi connectivity index (χ1n) is 5.39. The van der Waals surface area contributed by atoms with Crippen molar-refractivity contribution in [1.82, 2.24) is 0 Å². The summed E-state index contributed by atoms with van der Waals surface area (Å²) < 4.78 is 5.61. The van der Waals surface area contributed by atoms with Gasteiger partial charge < -0.3 is 9.84 Å². The summed E-state index contributed by atoms with van der Waals surface area (Å²) in [6, 6.07) is 0. The van der Waals surface area contributed by atoms with Crippen molar-refractivity contribution in [2.24, 2.45) is 5.92 Å². The number of aliphatic hydroxyl groups is 1. The molecule has 2 atom stereocenters. The minimum atomic E-state index is -0.195. The molecule has 0 aromatic rings. The molecule has 1 heterocycles. The second kappa shape index (κ2) is 5.38. The van der Waals surface area contributed by atoms with E-state index in [4.69, 9.17) is 4.74 Å². The van der Waals surface area contributed by atoms with Crippen LogP contribution in [0.5, 0.6) is 0 Å². The molecule has 1 N–H and O–H groups in total. The van der Waals surface area contributed by atoms with Crippen LogP contribution in [0.4, 0.5) is 0 Å². The summed E-state index contributed by atoms with van der Waals surface area (Å²) in [6.45, 7) is 8.16. The average Bonchev–Trinajstić information content (AvgIpc) is 2.14.